The summed E-state index contributed by atoms with van der Waals surface area (Å²) in [7, 11) is 0. The zero-order chi connectivity index (χ0) is 18.6. The number of thiazole rings is 1. The van der Waals surface area contributed by atoms with E-state index < -0.39 is 0 Å². The summed E-state index contributed by atoms with van der Waals surface area (Å²) < 4.78 is 5.94. The summed E-state index contributed by atoms with van der Waals surface area (Å²) in [6, 6.07) is 19.1. The Morgan fingerprint density at radius 1 is 0.963 bits per heavy atom. The molecule has 0 saturated carbocycles. The molecule has 134 valence electrons. The van der Waals surface area contributed by atoms with E-state index in [9.17, 15) is 0 Å². The minimum Gasteiger partial charge on any atom is -0.454 e. The number of hydrogen-bond acceptors (Lipinski definition) is 4. The van der Waals surface area contributed by atoms with Crippen LogP contribution in [-0.2, 0) is 0 Å². The Morgan fingerprint density at radius 3 is 2.59 bits per heavy atom. The minimum absolute atomic E-state index is 0.553. The summed E-state index contributed by atoms with van der Waals surface area (Å²) in [6.45, 7) is 0. The normalized spacial score (nSPS) is 11.2. The number of nitrogens with zero attached hydrogens (tertiary/aromatic N) is 1. The van der Waals surface area contributed by atoms with Crippen LogP contribution in [0, 0.1) is 0 Å². The second-order valence-corrected chi connectivity index (χ2v) is 7.44. The summed E-state index contributed by atoms with van der Waals surface area (Å²) in [5, 5.41) is 7.21. The van der Waals surface area contributed by atoms with E-state index in [1.54, 1.807) is 23.5 Å². The highest BCUT2D eigenvalue weighted by Crippen LogP contribution is 2.34. The summed E-state index contributed by atoms with van der Waals surface area (Å²) in [6.07, 6.45) is 3.81. The number of anilines is 1. The van der Waals surface area contributed by atoms with Gasteiger partial charge in [-0.3, -0.25) is 0 Å². The third kappa shape index (κ3) is 4.25. The fourth-order valence-electron chi connectivity index (χ4n) is 2.53. The van der Waals surface area contributed by atoms with Gasteiger partial charge in [-0.25, -0.2) is 4.98 Å². The van der Waals surface area contributed by atoms with Crippen molar-refractivity contribution in [2.75, 3.05) is 5.32 Å². The molecule has 0 amide bonds. The van der Waals surface area contributed by atoms with Crippen molar-refractivity contribution < 1.29 is 4.42 Å². The molecule has 6 heteroatoms. The molecule has 0 bridgehead atoms. The van der Waals surface area contributed by atoms with E-state index >= 15 is 0 Å². The van der Waals surface area contributed by atoms with Gasteiger partial charge >= 0.3 is 0 Å². The largest absolute Gasteiger partial charge is 0.454 e. The molecule has 4 aromatic rings. The molecule has 2 aromatic carbocycles. The van der Waals surface area contributed by atoms with Crippen LogP contribution in [0.4, 0.5) is 5.69 Å². The summed E-state index contributed by atoms with van der Waals surface area (Å²) in [5.41, 5.74) is 2.62. The molecule has 1 N–H and O–H groups in total. The van der Waals surface area contributed by atoms with Gasteiger partial charge in [0.2, 0.25) is 0 Å². The predicted octanol–water partition coefficient (Wildman–Crippen LogP) is 7.46. The van der Waals surface area contributed by atoms with Crippen molar-refractivity contribution >= 4 is 46.3 Å². The number of furan rings is 1. The smallest absolute Gasteiger partial charge is 0.154 e. The van der Waals surface area contributed by atoms with E-state index in [-0.39, 0.29) is 0 Å². The van der Waals surface area contributed by atoms with Crippen molar-refractivity contribution in [3.8, 4) is 22.8 Å². The molecule has 2 heterocycles. The molecular weight excluding hydrogens is 399 g/mol. The second-order valence-electron chi connectivity index (χ2n) is 5.70. The standard InChI is InChI=1S/C21H14Cl2N2OS/c22-14-6-7-16(17(23)12-14)19-8-9-20(26-19)18-13-27-21(25-18)10-11-24-15-4-2-1-3-5-15/h1-13,24H/b11-10+. The maximum atomic E-state index is 6.26. The Kier molecular flexibility index (Phi) is 5.30. The lowest BCUT2D eigenvalue weighted by Crippen LogP contribution is -1.85. The highest BCUT2D eigenvalue weighted by atomic mass is 35.5. The topological polar surface area (TPSA) is 38.1 Å². The van der Waals surface area contributed by atoms with Crippen molar-refractivity contribution in [3.05, 3.63) is 87.3 Å². The molecule has 0 fully saturated rings. The van der Waals surface area contributed by atoms with E-state index in [4.69, 9.17) is 27.6 Å². The fraction of sp³-hybridized carbons (Fsp3) is 0. The van der Waals surface area contributed by atoms with Crippen LogP contribution in [0.15, 0.2) is 76.7 Å². The van der Waals surface area contributed by atoms with Crippen LogP contribution in [0.5, 0.6) is 0 Å². The van der Waals surface area contributed by atoms with Gasteiger partial charge in [-0.05, 0) is 48.5 Å². The number of benzene rings is 2. The Hall–Kier alpha value is -2.53. The van der Waals surface area contributed by atoms with Crippen LogP contribution in [0.25, 0.3) is 28.9 Å². The van der Waals surface area contributed by atoms with Gasteiger partial charge in [-0.2, -0.15) is 0 Å². The maximum absolute atomic E-state index is 6.26. The zero-order valence-electron chi connectivity index (χ0n) is 14.0. The highest BCUT2D eigenvalue weighted by molar-refractivity contribution is 7.10. The molecule has 0 aliphatic carbocycles. The molecule has 0 aliphatic heterocycles. The molecule has 2 aromatic heterocycles. The summed E-state index contributed by atoms with van der Waals surface area (Å²) in [4.78, 5) is 4.60. The third-order valence-electron chi connectivity index (χ3n) is 3.83. The minimum atomic E-state index is 0.553. The summed E-state index contributed by atoms with van der Waals surface area (Å²) in [5.74, 6) is 1.38. The van der Waals surface area contributed by atoms with Gasteiger partial charge in [0.05, 0.1) is 5.02 Å². The second kappa shape index (κ2) is 8.01. The van der Waals surface area contributed by atoms with Crippen LogP contribution in [-0.4, -0.2) is 4.98 Å². The van der Waals surface area contributed by atoms with Gasteiger partial charge in [0.1, 0.15) is 16.5 Å². The van der Waals surface area contributed by atoms with E-state index in [1.165, 1.54) is 0 Å². The van der Waals surface area contributed by atoms with Crippen molar-refractivity contribution in [1.29, 1.82) is 0 Å². The van der Waals surface area contributed by atoms with Crippen molar-refractivity contribution in [2.24, 2.45) is 0 Å². The first kappa shape index (κ1) is 17.9. The van der Waals surface area contributed by atoms with E-state index in [0.717, 1.165) is 22.0 Å². The van der Waals surface area contributed by atoms with Gasteiger partial charge in [0.25, 0.3) is 0 Å². The maximum Gasteiger partial charge on any atom is 0.154 e. The van der Waals surface area contributed by atoms with Crippen molar-refractivity contribution in [2.45, 2.75) is 0 Å². The first-order chi connectivity index (χ1) is 13.2. The number of rotatable bonds is 5. The van der Waals surface area contributed by atoms with Gasteiger partial charge in [0, 0.05) is 27.9 Å². The molecule has 0 atom stereocenters. The third-order valence-corrected chi connectivity index (χ3v) is 5.18. The number of hydrogen-bond donors (Lipinski definition) is 1. The van der Waals surface area contributed by atoms with Crippen molar-refractivity contribution in [3.63, 3.8) is 0 Å². The van der Waals surface area contributed by atoms with Crippen LogP contribution in [0.2, 0.25) is 10.0 Å². The number of para-hydroxylation sites is 1. The van der Waals surface area contributed by atoms with Crippen LogP contribution in [0.1, 0.15) is 5.01 Å². The first-order valence-electron chi connectivity index (χ1n) is 8.18. The van der Waals surface area contributed by atoms with Crippen LogP contribution in [0.3, 0.4) is 0 Å². The quantitative estimate of drug-likeness (QED) is 0.369. The van der Waals surface area contributed by atoms with Crippen LogP contribution >= 0.6 is 34.5 Å². The van der Waals surface area contributed by atoms with Gasteiger partial charge < -0.3 is 9.73 Å². The van der Waals surface area contributed by atoms with Gasteiger partial charge in [0.15, 0.2) is 5.76 Å². The molecule has 0 aliphatic rings. The average Bonchev–Trinajstić information content (AvgIpc) is 3.32. The lowest BCUT2D eigenvalue weighted by molar-refractivity contribution is 0.595. The molecule has 0 spiro atoms. The molecule has 0 radical (unpaired) electrons. The molecule has 4 rings (SSSR count). The molecule has 3 nitrogen and oxygen atoms in total. The Morgan fingerprint density at radius 2 is 1.78 bits per heavy atom. The fourth-order valence-corrected chi connectivity index (χ4v) is 3.73. The van der Waals surface area contributed by atoms with Gasteiger partial charge in [-0.15, -0.1) is 11.3 Å². The van der Waals surface area contributed by atoms with Crippen molar-refractivity contribution in [1.82, 2.24) is 4.98 Å². The average molecular weight is 413 g/mol. The molecular formula is C21H14Cl2N2OS. The van der Waals surface area contributed by atoms with E-state index in [2.05, 4.69) is 10.3 Å². The van der Waals surface area contributed by atoms with Crippen LogP contribution < -0.4 is 5.32 Å². The Labute approximate surface area is 170 Å². The Bertz CT molecular complexity index is 1090. The zero-order valence-corrected chi connectivity index (χ0v) is 16.4. The monoisotopic (exact) mass is 412 g/mol. The first-order valence-corrected chi connectivity index (χ1v) is 9.82. The molecule has 0 unspecified atom stereocenters. The predicted molar refractivity (Wildman–Crippen MR) is 114 cm³/mol. The molecule has 0 saturated heterocycles. The lowest BCUT2D eigenvalue weighted by Gasteiger charge is -2.01. The number of aromatic nitrogens is 1. The SMILES string of the molecule is Clc1ccc(-c2ccc(-c3csc(/C=C/Nc4ccccc4)n3)o2)c(Cl)c1. The number of nitrogens with one attached hydrogen (secondary N) is 1. The number of halogens is 2. The summed E-state index contributed by atoms with van der Waals surface area (Å²) >= 11 is 13.8. The lowest BCUT2D eigenvalue weighted by atomic mass is 10.2. The van der Waals surface area contributed by atoms with E-state index in [0.29, 0.717) is 21.6 Å². The van der Waals surface area contributed by atoms with E-state index in [1.807, 2.05) is 66.2 Å². The Balaban J connectivity index is 1.49. The molecule has 27 heavy (non-hydrogen) atoms. The van der Waals surface area contributed by atoms with Gasteiger partial charge in [-0.1, -0.05) is 41.4 Å². The highest BCUT2D eigenvalue weighted by Gasteiger charge is 2.12.